The number of amides is 1. The van der Waals surface area contributed by atoms with Gasteiger partial charge in [-0.25, -0.2) is 9.78 Å². The van der Waals surface area contributed by atoms with Crippen molar-refractivity contribution in [3.05, 3.63) is 40.2 Å². The van der Waals surface area contributed by atoms with Crippen LogP contribution in [0.5, 0.6) is 5.75 Å². The molecule has 3 aromatic rings. The van der Waals surface area contributed by atoms with Crippen molar-refractivity contribution < 1.29 is 14.3 Å². The normalized spacial score (nSPS) is 15.9. The van der Waals surface area contributed by atoms with Gasteiger partial charge in [0, 0.05) is 44.1 Å². The number of hydrogen-bond donors (Lipinski definition) is 2. The van der Waals surface area contributed by atoms with Gasteiger partial charge in [0.1, 0.15) is 27.5 Å². The molecular formula is C36H56ClN7O3S. The summed E-state index contributed by atoms with van der Waals surface area (Å²) in [5.74, 6) is 3.60. The van der Waals surface area contributed by atoms with Crippen molar-refractivity contribution in [3.8, 4) is 5.75 Å². The molecule has 2 N–H and O–H groups in total. The molecule has 5 rings (SSSR count). The Labute approximate surface area is 297 Å². The molecule has 48 heavy (non-hydrogen) atoms. The van der Waals surface area contributed by atoms with Gasteiger partial charge >= 0.3 is 6.09 Å². The maximum Gasteiger partial charge on any atom is 0.410 e. The summed E-state index contributed by atoms with van der Waals surface area (Å²) in [6.07, 6.45) is 5.95. The van der Waals surface area contributed by atoms with E-state index in [0.29, 0.717) is 41.7 Å². The van der Waals surface area contributed by atoms with Crippen LogP contribution >= 0.6 is 23.4 Å². The number of fused-ring (bicyclic) bond motifs is 1. The quantitative estimate of drug-likeness (QED) is 0.222. The van der Waals surface area contributed by atoms with E-state index in [1.165, 1.54) is 16.7 Å². The van der Waals surface area contributed by atoms with E-state index < -0.39 is 5.60 Å². The van der Waals surface area contributed by atoms with Crippen LogP contribution in [0.1, 0.15) is 105 Å². The van der Waals surface area contributed by atoms with Gasteiger partial charge in [0.25, 0.3) is 0 Å². The zero-order valence-corrected chi connectivity index (χ0v) is 32.5. The first-order valence-electron chi connectivity index (χ1n) is 17.3. The van der Waals surface area contributed by atoms with E-state index in [9.17, 15) is 4.79 Å². The first-order chi connectivity index (χ1) is 22.8. The average Bonchev–Trinajstić information content (AvgIpc) is 3.60. The molecule has 0 radical (unpaired) electrons. The topological polar surface area (TPSA) is 106 Å². The molecule has 12 heteroatoms. The van der Waals surface area contributed by atoms with Crippen LogP contribution in [-0.4, -0.2) is 61.3 Å². The lowest BCUT2D eigenvalue weighted by Gasteiger charge is -2.34. The molecule has 4 heterocycles. The van der Waals surface area contributed by atoms with Crippen molar-refractivity contribution in [2.45, 2.75) is 118 Å². The van der Waals surface area contributed by atoms with Gasteiger partial charge in [0.15, 0.2) is 5.82 Å². The number of hydrogen-bond acceptors (Lipinski definition) is 9. The lowest BCUT2D eigenvalue weighted by molar-refractivity contribution is 0.0204. The van der Waals surface area contributed by atoms with E-state index in [1.54, 1.807) is 22.6 Å². The summed E-state index contributed by atoms with van der Waals surface area (Å²) in [7, 11) is 1.90. The Kier molecular flexibility index (Phi) is 14.3. The number of thioether (sulfide) groups is 1. The highest BCUT2D eigenvalue weighted by atomic mass is 35.5. The Morgan fingerprint density at radius 2 is 1.81 bits per heavy atom. The molecule has 0 bridgehead atoms. The van der Waals surface area contributed by atoms with Gasteiger partial charge in [-0.2, -0.15) is 10.1 Å². The molecule has 1 saturated heterocycles. The Balaban J connectivity index is 0.00000151. The van der Waals surface area contributed by atoms with Gasteiger partial charge in [-0.1, -0.05) is 53.1 Å². The first-order valence-corrected chi connectivity index (χ1v) is 18.7. The van der Waals surface area contributed by atoms with Crippen molar-refractivity contribution in [1.29, 1.82) is 0 Å². The molecule has 0 saturated carbocycles. The smallest absolute Gasteiger partial charge is 0.410 e. The second kappa shape index (κ2) is 17.5. The summed E-state index contributed by atoms with van der Waals surface area (Å²) in [5, 5.41) is 12.7. The highest BCUT2D eigenvalue weighted by molar-refractivity contribution is 7.99. The number of carbonyl (C=O) groups excluding carboxylic acids is 1. The third-order valence-electron chi connectivity index (χ3n) is 7.59. The Morgan fingerprint density at radius 3 is 2.44 bits per heavy atom. The summed E-state index contributed by atoms with van der Waals surface area (Å²) in [6, 6.07) is 2.12. The summed E-state index contributed by atoms with van der Waals surface area (Å²) in [5.41, 5.74) is 4.93. The zero-order valence-electron chi connectivity index (χ0n) is 31.0. The maximum absolute atomic E-state index is 12.6. The maximum atomic E-state index is 12.6. The first kappa shape index (κ1) is 39.3. The number of nitrogens with one attached hydrogen (secondary N) is 2. The van der Waals surface area contributed by atoms with Crippen LogP contribution in [0.25, 0.3) is 0 Å². The van der Waals surface area contributed by atoms with Gasteiger partial charge < -0.3 is 25.0 Å². The van der Waals surface area contributed by atoms with E-state index >= 15 is 0 Å². The molecule has 10 nitrogen and oxygen atoms in total. The van der Waals surface area contributed by atoms with Crippen LogP contribution in [-0.2, 0) is 18.2 Å². The predicted octanol–water partition coefficient (Wildman–Crippen LogP) is 9.90. The highest BCUT2D eigenvalue weighted by Gasteiger charge is 2.33. The zero-order chi connectivity index (χ0) is 35.8. The van der Waals surface area contributed by atoms with E-state index in [4.69, 9.17) is 26.1 Å². The molecule has 0 spiro atoms. The SMILES string of the molecule is CC.CC.Cc1cc(Nc2ncc(Cl)c(Nc3cn(C)nc3SCC(C)C)n2)c2c(c1C1CCN(C(=O)OC(C)(C)C)CC1)C[C@@H](C)O2. The number of rotatable bonds is 8. The molecule has 2 aromatic heterocycles. The highest BCUT2D eigenvalue weighted by Crippen LogP contribution is 2.46. The minimum absolute atomic E-state index is 0.0589. The molecule has 1 atom stereocenters. The van der Waals surface area contributed by atoms with Crippen LogP contribution < -0.4 is 15.4 Å². The van der Waals surface area contributed by atoms with Gasteiger partial charge in [-0.15, -0.1) is 11.8 Å². The van der Waals surface area contributed by atoms with E-state index in [0.717, 1.165) is 47.2 Å². The van der Waals surface area contributed by atoms with Gasteiger partial charge in [-0.3, -0.25) is 4.68 Å². The molecule has 266 valence electrons. The lowest BCUT2D eigenvalue weighted by Crippen LogP contribution is -2.41. The molecule has 1 amide bonds. The van der Waals surface area contributed by atoms with E-state index in [1.807, 2.05) is 66.6 Å². The van der Waals surface area contributed by atoms with Crippen molar-refractivity contribution in [3.63, 3.8) is 0 Å². The van der Waals surface area contributed by atoms with Crippen molar-refractivity contribution in [2.75, 3.05) is 29.5 Å². The number of aryl methyl sites for hydroxylation is 2. The molecule has 2 aliphatic heterocycles. The fourth-order valence-electron chi connectivity index (χ4n) is 5.76. The molecule has 0 aliphatic carbocycles. The molecule has 1 fully saturated rings. The number of carbonyl (C=O) groups is 1. The predicted molar refractivity (Wildman–Crippen MR) is 200 cm³/mol. The summed E-state index contributed by atoms with van der Waals surface area (Å²) < 4.78 is 13.8. The van der Waals surface area contributed by atoms with Crippen LogP contribution in [0.4, 0.5) is 27.9 Å². The number of nitrogens with zero attached hydrogens (tertiary/aromatic N) is 5. The number of halogens is 1. The van der Waals surface area contributed by atoms with Gasteiger partial charge in [0.2, 0.25) is 5.95 Å². The minimum Gasteiger partial charge on any atom is -0.488 e. The van der Waals surface area contributed by atoms with Crippen LogP contribution in [0.15, 0.2) is 23.5 Å². The molecule has 1 aromatic carbocycles. The van der Waals surface area contributed by atoms with Gasteiger partial charge in [0.05, 0.1) is 17.6 Å². The van der Waals surface area contributed by atoms with E-state index in [-0.39, 0.29) is 12.2 Å². The monoisotopic (exact) mass is 701 g/mol. The summed E-state index contributed by atoms with van der Waals surface area (Å²) in [4.78, 5) is 23.7. The summed E-state index contributed by atoms with van der Waals surface area (Å²) >= 11 is 8.24. The number of aromatic nitrogens is 4. The second-order valence-corrected chi connectivity index (χ2v) is 14.6. The fourth-order valence-corrected chi connectivity index (χ4v) is 6.83. The molecular weight excluding hydrogens is 646 g/mol. The lowest BCUT2D eigenvalue weighted by atomic mass is 9.82. The van der Waals surface area contributed by atoms with E-state index in [2.05, 4.69) is 54.5 Å². The van der Waals surface area contributed by atoms with Crippen LogP contribution in [0.3, 0.4) is 0 Å². The third kappa shape index (κ3) is 10.2. The van der Waals surface area contributed by atoms with Crippen molar-refractivity contribution in [1.82, 2.24) is 24.6 Å². The Hall–Kier alpha value is -3.18. The standard InChI is InChI=1S/C32H44ClN7O3S.2C2H6/c1-18(2)17-44-29-25(16-39(8)38-29)35-28-23(33)15-34-30(37-28)36-24-13-19(3)26(22-14-20(4)42-27(22)24)21-9-11-40(12-10-21)31(41)43-32(5,6)7;2*1-2/h13,15-16,18,20-21H,9-12,14,17H2,1-8H3,(H2,34,35,36,37);2*1-2H3/t20-;;/m1../s1. The van der Waals surface area contributed by atoms with Crippen molar-refractivity contribution >= 4 is 52.6 Å². The Morgan fingerprint density at radius 1 is 1.15 bits per heavy atom. The number of piperidine rings is 1. The Bertz CT molecular complexity index is 1510. The molecule has 0 unspecified atom stereocenters. The van der Waals surface area contributed by atoms with Crippen LogP contribution in [0, 0.1) is 12.8 Å². The largest absolute Gasteiger partial charge is 0.488 e. The number of anilines is 4. The number of ether oxygens (including phenoxy) is 2. The second-order valence-electron chi connectivity index (χ2n) is 13.2. The average molecular weight is 702 g/mol. The van der Waals surface area contributed by atoms with Crippen LogP contribution in [0.2, 0.25) is 5.02 Å². The summed E-state index contributed by atoms with van der Waals surface area (Å²) in [6.45, 7) is 23.7. The van der Waals surface area contributed by atoms with Crippen molar-refractivity contribution in [2.24, 2.45) is 13.0 Å². The minimum atomic E-state index is -0.500. The molecule has 2 aliphatic rings. The number of likely N-dealkylation sites (tertiary alicyclic amines) is 1. The van der Waals surface area contributed by atoms with Gasteiger partial charge in [-0.05, 0) is 76.5 Å². The fraction of sp³-hybridized carbons (Fsp3) is 0.611. The third-order valence-corrected chi connectivity index (χ3v) is 9.27. The number of benzene rings is 1.